The first-order valence-corrected chi connectivity index (χ1v) is 11.8. The number of carbonyl (C=O) groups is 1. The molecule has 1 aliphatic heterocycles. The number of carbonyl (C=O) groups excluding carboxylic acids is 1. The molecule has 1 unspecified atom stereocenters. The van der Waals surface area contributed by atoms with Gasteiger partial charge in [0.15, 0.2) is 16.5 Å². The molecule has 2 aromatic heterocycles. The molecule has 1 saturated carbocycles. The second-order valence-electron chi connectivity index (χ2n) is 9.02. The molecule has 1 atom stereocenters. The number of rotatable bonds is 5. The summed E-state index contributed by atoms with van der Waals surface area (Å²) in [6.07, 6.45) is 3.30. The molecule has 5 rings (SSSR count). The van der Waals surface area contributed by atoms with Crippen LogP contribution in [0.5, 0.6) is 5.75 Å². The van der Waals surface area contributed by atoms with E-state index in [0.29, 0.717) is 11.6 Å². The summed E-state index contributed by atoms with van der Waals surface area (Å²) in [5.41, 5.74) is -0.548. The first-order chi connectivity index (χ1) is 16.1. The number of nitrogens with zero attached hydrogens (tertiary/aromatic N) is 5. The van der Waals surface area contributed by atoms with Crippen molar-refractivity contribution >= 4 is 17.2 Å². The third-order valence-corrected chi connectivity index (χ3v) is 7.63. The van der Waals surface area contributed by atoms with E-state index in [4.69, 9.17) is 0 Å². The van der Waals surface area contributed by atoms with Crippen molar-refractivity contribution in [3.8, 4) is 16.3 Å². The number of aromatic hydroxyl groups is 1. The van der Waals surface area contributed by atoms with Crippen molar-refractivity contribution in [3.63, 3.8) is 0 Å². The van der Waals surface area contributed by atoms with Crippen molar-refractivity contribution < 1.29 is 18.7 Å². The van der Waals surface area contributed by atoms with Crippen LogP contribution >= 0.6 is 11.3 Å². The molecule has 1 N–H and O–H groups in total. The van der Waals surface area contributed by atoms with Crippen LogP contribution in [0.3, 0.4) is 0 Å². The lowest BCUT2D eigenvalue weighted by Crippen LogP contribution is -2.62. The van der Waals surface area contributed by atoms with Gasteiger partial charge in [-0.05, 0) is 31.4 Å². The summed E-state index contributed by atoms with van der Waals surface area (Å²) in [6.45, 7) is 4.43. The predicted molar refractivity (Wildman–Crippen MR) is 122 cm³/mol. The Labute approximate surface area is 198 Å². The Balaban J connectivity index is 1.55. The highest BCUT2D eigenvalue weighted by Crippen LogP contribution is 2.51. The summed E-state index contributed by atoms with van der Waals surface area (Å²) >= 11 is 1.07. The van der Waals surface area contributed by atoms with Crippen LogP contribution in [-0.4, -0.2) is 50.5 Å². The van der Waals surface area contributed by atoms with Crippen molar-refractivity contribution in [1.29, 1.82) is 0 Å². The smallest absolute Gasteiger partial charge is 0.278 e. The van der Waals surface area contributed by atoms with E-state index in [-0.39, 0.29) is 39.8 Å². The molecule has 8 nitrogen and oxygen atoms in total. The fraction of sp³-hybridized carbons (Fsp3) is 0.391. The van der Waals surface area contributed by atoms with Crippen molar-refractivity contribution in [1.82, 2.24) is 19.8 Å². The zero-order valence-electron chi connectivity index (χ0n) is 18.9. The highest BCUT2D eigenvalue weighted by atomic mass is 32.1. The molecule has 1 aromatic carbocycles. The molecular formula is C23H23F2N5O3S. The first kappa shape index (κ1) is 22.5. The van der Waals surface area contributed by atoms with Gasteiger partial charge in [-0.1, -0.05) is 24.3 Å². The molecule has 0 saturated heterocycles. The molecule has 0 bridgehead atoms. The molecule has 0 spiro atoms. The van der Waals surface area contributed by atoms with Crippen molar-refractivity contribution in [2.24, 2.45) is 5.41 Å². The number of benzene rings is 1. The molecule has 2 aliphatic rings. The monoisotopic (exact) mass is 487 g/mol. The van der Waals surface area contributed by atoms with Crippen LogP contribution < -0.4 is 10.4 Å². The SMILES string of the molecule is CCN1C(=O)c2c(O)c(=O)c(-c3nnc(Cc4ccc(F)cc4F)s3)cn2N(C)C1C1(C)CC1. The zero-order chi connectivity index (χ0) is 24.4. The van der Waals surface area contributed by atoms with Crippen LogP contribution in [0, 0.1) is 17.0 Å². The Hall–Kier alpha value is -3.34. The van der Waals surface area contributed by atoms with Gasteiger partial charge in [-0.3, -0.25) is 19.3 Å². The number of hydrogen-bond acceptors (Lipinski definition) is 7. The third kappa shape index (κ3) is 3.46. The van der Waals surface area contributed by atoms with E-state index in [1.807, 2.05) is 19.0 Å². The van der Waals surface area contributed by atoms with Gasteiger partial charge in [0.2, 0.25) is 5.43 Å². The van der Waals surface area contributed by atoms with Gasteiger partial charge < -0.3 is 10.0 Å². The normalized spacial score (nSPS) is 18.9. The Bertz CT molecular complexity index is 1370. The van der Waals surface area contributed by atoms with Crippen molar-refractivity contribution in [2.45, 2.75) is 39.3 Å². The standard InChI is InChI=1S/C23H23F2N5O3S/c1-4-29-21(33)17-19(32)18(31)14(11-30(17)28(3)22(29)23(2)7-8-23)20-27-26-16(34-20)9-12-5-6-13(24)10-15(12)25/h5-6,10-11,22,32H,4,7-9H2,1-3H3. The second kappa shape index (κ2) is 7.86. The lowest BCUT2D eigenvalue weighted by atomic mass is 10.0. The van der Waals surface area contributed by atoms with Gasteiger partial charge in [-0.15, -0.1) is 10.2 Å². The number of fused-ring (bicyclic) bond motifs is 1. The number of halogens is 2. The fourth-order valence-corrected chi connectivity index (χ4v) is 5.49. The molecule has 1 fully saturated rings. The first-order valence-electron chi connectivity index (χ1n) is 10.9. The largest absolute Gasteiger partial charge is 0.502 e. The van der Waals surface area contributed by atoms with Gasteiger partial charge in [0.1, 0.15) is 22.8 Å². The fourth-order valence-electron chi connectivity index (χ4n) is 4.62. The Morgan fingerprint density at radius 1 is 1.24 bits per heavy atom. The molecule has 1 aliphatic carbocycles. The maximum absolute atomic E-state index is 14.0. The number of amides is 1. The van der Waals surface area contributed by atoms with E-state index >= 15 is 0 Å². The number of aromatic nitrogens is 3. The lowest BCUT2D eigenvalue weighted by Gasteiger charge is -2.47. The third-order valence-electron chi connectivity index (χ3n) is 6.67. The van der Waals surface area contributed by atoms with Crippen LogP contribution in [0.2, 0.25) is 0 Å². The zero-order valence-corrected chi connectivity index (χ0v) is 19.7. The van der Waals surface area contributed by atoms with Gasteiger partial charge in [0.25, 0.3) is 5.91 Å². The number of hydrogen-bond donors (Lipinski definition) is 1. The molecule has 1 amide bonds. The second-order valence-corrected chi connectivity index (χ2v) is 10.1. The minimum Gasteiger partial charge on any atom is -0.502 e. The topological polar surface area (TPSA) is 91.6 Å². The minimum atomic E-state index is -0.726. The van der Waals surface area contributed by atoms with Crippen molar-refractivity contribution in [2.75, 3.05) is 18.6 Å². The molecule has 3 aromatic rings. The summed E-state index contributed by atoms with van der Waals surface area (Å²) in [6, 6.07) is 3.30. The van der Waals surface area contributed by atoms with E-state index in [2.05, 4.69) is 17.1 Å². The van der Waals surface area contributed by atoms with E-state index in [1.165, 1.54) is 16.9 Å². The quantitative estimate of drug-likeness (QED) is 0.595. The molecule has 178 valence electrons. The molecule has 3 heterocycles. The van der Waals surface area contributed by atoms with Crippen LogP contribution in [0.15, 0.2) is 29.2 Å². The van der Waals surface area contributed by atoms with E-state index in [0.717, 1.165) is 36.3 Å². The average molecular weight is 488 g/mol. The van der Waals surface area contributed by atoms with Crippen LogP contribution in [0.1, 0.15) is 47.7 Å². The Morgan fingerprint density at radius 2 is 1.97 bits per heavy atom. The van der Waals surface area contributed by atoms with Gasteiger partial charge >= 0.3 is 0 Å². The van der Waals surface area contributed by atoms with E-state index in [1.54, 1.807) is 4.90 Å². The van der Waals surface area contributed by atoms with Gasteiger partial charge in [-0.2, -0.15) is 0 Å². The molecule has 11 heteroatoms. The minimum absolute atomic E-state index is 0.0757. The Kier molecular flexibility index (Phi) is 5.19. The highest BCUT2D eigenvalue weighted by molar-refractivity contribution is 7.14. The van der Waals surface area contributed by atoms with Crippen LogP contribution in [0.4, 0.5) is 8.78 Å². The summed E-state index contributed by atoms with van der Waals surface area (Å²) in [7, 11) is 1.82. The van der Waals surface area contributed by atoms with Gasteiger partial charge in [0, 0.05) is 37.7 Å². The molecular weight excluding hydrogens is 464 g/mol. The molecule has 0 radical (unpaired) electrons. The highest BCUT2D eigenvalue weighted by Gasteiger charge is 2.53. The van der Waals surface area contributed by atoms with Crippen molar-refractivity contribution in [3.05, 3.63) is 62.5 Å². The van der Waals surface area contributed by atoms with E-state index in [9.17, 15) is 23.5 Å². The Morgan fingerprint density at radius 3 is 2.62 bits per heavy atom. The van der Waals surface area contributed by atoms with Gasteiger partial charge in [-0.25, -0.2) is 8.78 Å². The maximum atomic E-state index is 14.0. The molecule has 34 heavy (non-hydrogen) atoms. The lowest BCUT2D eigenvalue weighted by molar-refractivity contribution is 0.0480. The predicted octanol–water partition coefficient (Wildman–Crippen LogP) is 3.11. The number of pyridine rings is 1. The van der Waals surface area contributed by atoms with E-state index < -0.39 is 28.7 Å². The van der Waals surface area contributed by atoms with Crippen LogP contribution in [-0.2, 0) is 6.42 Å². The van der Waals surface area contributed by atoms with Crippen LogP contribution in [0.25, 0.3) is 10.6 Å². The summed E-state index contributed by atoms with van der Waals surface area (Å²) in [4.78, 5) is 28.0. The average Bonchev–Trinajstić information content (AvgIpc) is 3.36. The summed E-state index contributed by atoms with van der Waals surface area (Å²) < 4.78 is 28.7. The maximum Gasteiger partial charge on any atom is 0.278 e. The summed E-state index contributed by atoms with van der Waals surface area (Å²) in [5.74, 6) is -2.41. The summed E-state index contributed by atoms with van der Waals surface area (Å²) in [5, 5.41) is 21.4. The van der Waals surface area contributed by atoms with Gasteiger partial charge in [0.05, 0.1) is 5.56 Å².